The van der Waals surface area contributed by atoms with E-state index in [1.54, 1.807) is 24.0 Å². The van der Waals surface area contributed by atoms with Gasteiger partial charge in [0.05, 0.1) is 15.8 Å². The molecule has 33 heavy (non-hydrogen) atoms. The number of benzene rings is 2. The van der Waals surface area contributed by atoms with Crippen molar-refractivity contribution in [3.63, 3.8) is 0 Å². The van der Waals surface area contributed by atoms with Crippen LogP contribution in [-0.2, 0) is 21.9 Å². The van der Waals surface area contributed by atoms with Crippen LogP contribution in [0, 0.1) is 0 Å². The average molecular weight is 528 g/mol. The molecular weight excluding hydrogens is 499 g/mol. The molecule has 1 aliphatic carbocycles. The van der Waals surface area contributed by atoms with E-state index in [4.69, 9.17) is 34.8 Å². The fraction of sp³-hybridized carbons (Fsp3) is 0.440. The lowest BCUT2D eigenvalue weighted by Gasteiger charge is -2.31. The van der Waals surface area contributed by atoms with Gasteiger partial charge in [-0.25, -0.2) is 0 Å². The number of hydrogen-bond acceptors (Lipinski definition) is 3. The molecule has 1 saturated carbocycles. The maximum atomic E-state index is 13.2. The van der Waals surface area contributed by atoms with Crippen LogP contribution in [0.2, 0.25) is 15.1 Å². The van der Waals surface area contributed by atoms with Crippen LogP contribution in [0.4, 0.5) is 0 Å². The van der Waals surface area contributed by atoms with Crippen molar-refractivity contribution < 1.29 is 9.59 Å². The van der Waals surface area contributed by atoms with E-state index in [9.17, 15) is 9.59 Å². The molecule has 0 unspecified atom stereocenters. The molecular formula is C25H29Cl3N2O2S. The van der Waals surface area contributed by atoms with Crippen molar-refractivity contribution >= 4 is 58.4 Å². The zero-order valence-corrected chi connectivity index (χ0v) is 21.7. The number of amides is 2. The molecule has 2 aromatic rings. The van der Waals surface area contributed by atoms with E-state index in [-0.39, 0.29) is 30.2 Å². The van der Waals surface area contributed by atoms with Gasteiger partial charge in [0, 0.05) is 23.4 Å². The molecule has 0 saturated heterocycles. The third-order valence-corrected chi connectivity index (χ3v) is 7.99. The maximum absolute atomic E-state index is 13.2. The Morgan fingerprint density at radius 3 is 2.45 bits per heavy atom. The molecule has 0 spiro atoms. The van der Waals surface area contributed by atoms with Crippen LogP contribution in [0.5, 0.6) is 0 Å². The number of nitrogens with one attached hydrogen (secondary N) is 1. The van der Waals surface area contributed by atoms with Gasteiger partial charge in [0.25, 0.3) is 0 Å². The number of carbonyl (C=O) groups excluding carboxylic acids is 2. The Morgan fingerprint density at radius 2 is 1.76 bits per heavy atom. The number of rotatable bonds is 9. The van der Waals surface area contributed by atoms with Crippen LogP contribution in [0.1, 0.15) is 50.2 Å². The van der Waals surface area contributed by atoms with Crippen molar-refractivity contribution in [3.8, 4) is 0 Å². The molecule has 0 radical (unpaired) electrons. The minimum Gasteiger partial charge on any atom is -0.352 e. The average Bonchev–Trinajstić information content (AvgIpc) is 2.81. The number of thioether (sulfide) groups is 1. The fourth-order valence-corrected chi connectivity index (χ4v) is 5.30. The molecule has 0 bridgehead atoms. The highest BCUT2D eigenvalue weighted by Crippen LogP contribution is 2.25. The highest BCUT2D eigenvalue weighted by molar-refractivity contribution is 7.99. The van der Waals surface area contributed by atoms with Crippen LogP contribution < -0.4 is 5.32 Å². The van der Waals surface area contributed by atoms with E-state index in [1.165, 1.54) is 18.2 Å². The quantitative estimate of drug-likeness (QED) is 0.392. The van der Waals surface area contributed by atoms with Crippen LogP contribution >= 0.6 is 46.6 Å². The van der Waals surface area contributed by atoms with Crippen LogP contribution in [-0.4, -0.2) is 34.6 Å². The summed E-state index contributed by atoms with van der Waals surface area (Å²) in [6.45, 7) is 2.07. The second-order valence-electron chi connectivity index (χ2n) is 8.37. The van der Waals surface area contributed by atoms with Crippen molar-refractivity contribution in [3.05, 3.63) is 68.7 Å². The lowest BCUT2D eigenvalue weighted by atomic mass is 9.95. The van der Waals surface area contributed by atoms with Crippen molar-refractivity contribution in [2.24, 2.45) is 0 Å². The first kappa shape index (κ1) is 26.2. The van der Waals surface area contributed by atoms with Crippen molar-refractivity contribution in [1.82, 2.24) is 10.2 Å². The Hall–Kier alpha value is -1.40. The Labute approximate surface area is 215 Å². The molecule has 0 heterocycles. The zero-order chi connectivity index (χ0) is 23.8. The zero-order valence-electron chi connectivity index (χ0n) is 18.7. The van der Waals surface area contributed by atoms with E-state index >= 15 is 0 Å². The normalized spacial score (nSPS) is 15.2. The Kier molecular flexibility index (Phi) is 10.2. The molecule has 1 fully saturated rings. The molecule has 8 heteroatoms. The molecule has 1 atom stereocenters. The van der Waals surface area contributed by atoms with Gasteiger partial charge in [0.1, 0.15) is 6.04 Å². The number of nitrogens with zero attached hydrogens (tertiary/aromatic N) is 1. The van der Waals surface area contributed by atoms with Crippen LogP contribution in [0.15, 0.2) is 42.5 Å². The third-order valence-electron chi connectivity index (χ3n) is 5.90. The first-order chi connectivity index (χ1) is 15.8. The van der Waals surface area contributed by atoms with Gasteiger partial charge in [-0.05, 0) is 49.1 Å². The Bertz CT molecular complexity index is 966. The summed E-state index contributed by atoms with van der Waals surface area (Å²) in [5, 5.41) is 4.73. The summed E-state index contributed by atoms with van der Waals surface area (Å²) >= 11 is 19.9. The summed E-state index contributed by atoms with van der Waals surface area (Å²) in [7, 11) is 0. The van der Waals surface area contributed by atoms with Gasteiger partial charge < -0.3 is 10.2 Å². The van der Waals surface area contributed by atoms with Gasteiger partial charge in [-0.2, -0.15) is 0 Å². The molecule has 4 nitrogen and oxygen atoms in total. The lowest BCUT2D eigenvalue weighted by Crippen LogP contribution is -2.50. The van der Waals surface area contributed by atoms with Crippen LogP contribution in [0.25, 0.3) is 0 Å². The van der Waals surface area contributed by atoms with Gasteiger partial charge in [-0.15, -0.1) is 11.8 Å². The van der Waals surface area contributed by atoms with Gasteiger partial charge in [0.15, 0.2) is 0 Å². The lowest BCUT2D eigenvalue weighted by molar-refractivity contribution is -0.139. The number of carbonyl (C=O) groups is 2. The van der Waals surface area contributed by atoms with E-state index in [1.807, 2.05) is 30.3 Å². The molecule has 1 N–H and O–H groups in total. The summed E-state index contributed by atoms with van der Waals surface area (Å²) < 4.78 is 0. The third kappa shape index (κ3) is 7.81. The van der Waals surface area contributed by atoms with Crippen molar-refractivity contribution in [1.29, 1.82) is 0 Å². The predicted octanol–water partition coefficient (Wildman–Crippen LogP) is 6.75. The molecule has 0 aliphatic heterocycles. The smallest absolute Gasteiger partial charge is 0.242 e. The maximum Gasteiger partial charge on any atom is 0.242 e. The molecule has 3 rings (SSSR count). The topological polar surface area (TPSA) is 49.4 Å². The van der Waals surface area contributed by atoms with E-state index in [0.717, 1.165) is 36.8 Å². The summed E-state index contributed by atoms with van der Waals surface area (Å²) in [5.41, 5.74) is 1.81. The minimum atomic E-state index is -0.596. The first-order valence-corrected chi connectivity index (χ1v) is 13.5. The van der Waals surface area contributed by atoms with Gasteiger partial charge in [-0.1, -0.05) is 78.3 Å². The van der Waals surface area contributed by atoms with Gasteiger partial charge in [0.2, 0.25) is 11.8 Å². The number of halogens is 3. The Balaban J connectivity index is 1.66. The number of hydrogen-bond donors (Lipinski definition) is 1. The van der Waals surface area contributed by atoms with Gasteiger partial charge in [-0.3, -0.25) is 9.59 Å². The molecule has 1 aliphatic rings. The summed E-state index contributed by atoms with van der Waals surface area (Å²) in [6.07, 6.45) is 5.47. The van der Waals surface area contributed by atoms with E-state index in [0.29, 0.717) is 20.8 Å². The summed E-state index contributed by atoms with van der Waals surface area (Å²) in [5.74, 6) is 0.639. The second-order valence-corrected chi connectivity index (χ2v) is 10.6. The van der Waals surface area contributed by atoms with Crippen LogP contribution in [0.3, 0.4) is 0 Å². The van der Waals surface area contributed by atoms with Gasteiger partial charge >= 0.3 is 0 Å². The molecule has 2 amide bonds. The van der Waals surface area contributed by atoms with E-state index < -0.39 is 6.04 Å². The largest absolute Gasteiger partial charge is 0.352 e. The fourth-order valence-electron chi connectivity index (χ4n) is 3.93. The van der Waals surface area contributed by atoms with E-state index in [2.05, 4.69) is 5.32 Å². The molecule has 0 aromatic heterocycles. The standard InChI is InChI=1S/C25H29Cl3N2O2S/c1-17(25(32)29-20-8-3-2-4-9-20)30(14-19-7-5-6-10-21(19)26)24(31)16-33-15-18-11-12-22(27)23(28)13-18/h5-7,10-13,17,20H,2-4,8-9,14-16H2,1H3,(H,29,32)/t17-/m1/s1. The predicted molar refractivity (Wildman–Crippen MR) is 139 cm³/mol. The minimum absolute atomic E-state index is 0.105. The molecule has 178 valence electrons. The van der Waals surface area contributed by atoms with Crippen molar-refractivity contribution in [2.45, 2.75) is 63.4 Å². The first-order valence-electron chi connectivity index (χ1n) is 11.2. The SMILES string of the molecule is C[C@H](C(=O)NC1CCCCC1)N(Cc1ccccc1Cl)C(=O)CSCc1ccc(Cl)c(Cl)c1. The monoisotopic (exact) mass is 526 g/mol. The highest BCUT2D eigenvalue weighted by atomic mass is 35.5. The van der Waals surface area contributed by atoms with Crippen molar-refractivity contribution in [2.75, 3.05) is 5.75 Å². The highest BCUT2D eigenvalue weighted by Gasteiger charge is 2.28. The summed E-state index contributed by atoms with van der Waals surface area (Å²) in [4.78, 5) is 27.9. The molecule has 2 aromatic carbocycles. The second kappa shape index (κ2) is 12.9. The Morgan fingerprint density at radius 1 is 1.03 bits per heavy atom. The summed E-state index contributed by atoms with van der Waals surface area (Å²) in [6, 6.07) is 12.5.